The van der Waals surface area contributed by atoms with E-state index >= 15 is 0 Å². The fraction of sp³-hybridized carbons (Fsp3) is 0.650. The van der Waals surface area contributed by atoms with E-state index in [9.17, 15) is 4.79 Å². The highest BCUT2D eigenvalue weighted by molar-refractivity contribution is 5.77. The first-order chi connectivity index (χ1) is 12.3. The fourth-order valence-electron chi connectivity index (χ4n) is 4.62. The third-order valence-electron chi connectivity index (χ3n) is 5.99. The van der Waals surface area contributed by atoms with Crippen LogP contribution in [0.1, 0.15) is 24.8 Å². The molecule has 0 aliphatic carbocycles. The fourth-order valence-corrected chi connectivity index (χ4v) is 4.62. The van der Waals surface area contributed by atoms with Gasteiger partial charge in [-0.2, -0.15) is 0 Å². The maximum absolute atomic E-state index is 12.5. The summed E-state index contributed by atoms with van der Waals surface area (Å²) >= 11 is 0. The molecule has 0 spiro atoms. The van der Waals surface area contributed by atoms with E-state index in [0.29, 0.717) is 24.4 Å². The number of rotatable bonds is 5. The van der Waals surface area contributed by atoms with Crippen molar-refractivity contribution in [3.8, 4) is 0 Å². The van der Waals surface area contributed by atoms with E-state index < -0.39 is 0 Å². The molecule has 0 aromatic heterocycles. The third-order valence-corrected chi connectivity index (χ3v) is 5.99. The highest BCUT2D eigenvalue weighted by Gasteiger charge is 2.42. The molecule has 5 nitrogen and oxygen atoms in total. The van der Waals surface area contributed by atoms with Gasteiger partial charge in [0.1, 0.15) is 0 Å². The Morgan fingerprint density at radius 1 is 0.960 bits per heavy atom. The van der Waals surface area contributed by atoms with Gasteiger partial charge in [-0.1, -0.05) is 30.3 Å². The van der Waals surface area contributed by atoms with E-state index in [0.717, 1.165) is 65.3 Å². The Hall–Kier alpha value is -1.43. The van der Waals surface area contributed by atoms with Gasteiger partial charge in [0, 0.05) is 57.8 Å². The minimum atomic E-state index is 0.357. The van der Waals surface area contributed by atoms with E-state index in [1.54, 1.807) is 0 Å². The number of hydrogen-bond donors (Lipinski definition) is 0. The molecule has 3 heterocycles. The van der Waals surface area contributed by atoms with E-state index in [-0.39, 0.29) is 0 Å². The largest absolute Gasteiger partial charge is 0.379 e. The van der Waals surface area contributed by atoms with Crippen LogP contribution in [0.2, 0.25) is 0 Å². The highest BCUT2D eigenvalue weighted by Crippen LogP contribution is 2.32. The van der Waals surface area contributed by atoms with E-state index in [2.05, 4.69) is 45.0 Å². The summed E-state index contributed by atoms with van der Waals surface area (Å²) in [5, 5.41) is 0. The molecule has 1 aromatic rings. The predicted octanol–water partition coefficient (Wildman–Crippen LogP) is 1.58. The minimum absolute atomic E-state index is 0.357. The summed E-state index contributed by atoms with van der Waals surface area (Å²) in [6.45, 7) is 7.61. The molecule has 3 aliphatic rings. The lowest BCUT2D eigenvalue weighted by Gasteiger charge is -2.41. The third kappa shape index (κ3) is 3.89. The molecule has 136 valence electrons. The lowest BCUT2D eigenvalue weighted by Crippen LogP contribution is -2.54. The average molecular weight is 343 g/mol. The van der Waals surface area contributed by atoms with Crippen molar-refractivity contribution in [3.05, 3.63) is 35.9 Å². The summed E-state index contributed by atoms with van der Waals surface area (Å²) in [5.41, 5.74) is 1.37. The van der Waals surface area contributed by atoms with Crippen LogP contribution in [0.3, 0.4) is 0 Å². The molecule has 3 saturated heterocycles. The van der Waals surface area contributed by atoms with Gasteiger partial charge in [-0.05, 0) is 18.4 Å². The van der Waals surface area contributed by atoms with Gasteiger partial charge in [-0.25, -0.2) is 0 Å². The van der Waals surface area contributed by atoms with Gasteiger partial charge < -0.3 is 9.64 Å². The molecule has 5 heteroatoms. The van der Waals surface area contributed by atoms with Crippen LogP contribution in [0.15, 0.2) is 30.3 Å². The summed E-state index contributed by atoms with van der Waals surface area (Å²) in [4.78, 5) is 19.7. The Bertz CT molecular complexity index is 574. The minimum Gasteiger partial charge on any atom is -0.379 e. The van der Waals surface area contributed by atoms with Gasteiger partial charge in [0.2, 0.25) is 5.91 Å². The zero-order valence-corrected chi connectivity index (χ0v) is 15.0. The quantitative estimate of drug-likeness (QED) is 0.813. The van der Waals surface area contributed by atoms with Gasteiger partial charge in [-0.15, -0.1) is 0 Å². The SMILES string of the molecule is O=C1CC[C@@H]2[C@@H](CCN2Cc2ccccc2)N1CCN1CCOCC1. The molecule has 0 bridgehead atoms. The summed E-state index contributed by atoms with van der Waals surface area (Å²) in [6, 6.07) is 11.6. The van der Waals surface area contributed by atoms with Gasteiger partial charge >= 0.3 is 0 Å². The molecule has 3 fully saturated rings. The molecule has 0 saturated carbocycles. The Morgan fingerprint density at radius 2 is 1.76 bits per heavy atom. The first-order valence-corrected chi connectivity index (χ1v) is 9.69. The van der Waals surface area contributed by atoms with Crippen LogP contribution in [0.25, 0.3) is 0 Å². The van der Waals surface area contributed by atoms with E-state index in [1.807, 2.05) is 0 Å². The number of carbonyl (C=O) groups excluding carboxylic acids is 1. The lowest BCUT2D eigenvalue weighted by atomic mass is 9.96. The number of likely N-dealkylation sites (tertiary alicyclic amines) is 2. The highest BCUT2D eigenvalue weighted by atomic mass is 16.5. The zero-order chi connectivity index (χ0) is 17.1. The number of hydrogen-bond acceptors (Lipinski definition) is 4. The maximum atomic E-state index is 12.5. The number of ether oxygens (including phenoxy) is 1. The number of benzene rings is 1. The van der Waals surface area contributed by atoms with Crippen molar-refractivity contribution in [1.82, 2.24) is 14.7 Å². The molecule has 4 rings (SSSR count). The molecule has 0 radical (unpaired) electrons. The Balaban J connectivity index is 1.37. The topological polar surface area (TPSA) is 36.0 Å². The second-order valence-corrected chi connectivity index (χ2v) is 7.46. The van der Waals surface area contributed by atoms with Crippen molar-refractivity contribution in [2.24, 2.45) is 0 Å². The summed E-state index contributed by atoms with van der Waals surface area (Å²) in [7, 11) is 0. The molecule has 25 heavy (non-hydrogen) atoms. The van der Waals surface area contributed by atoms with Crippen molar-refractivity contribution in [1.29, 1.82) is 0 Å². The monoisotopic (exact) mass is 343 g/mol. The normalized spacial score (nSPS) is 28.3. The lowest BCUT2D eigenvalue weighted by molar-refractivity contribution is -0.138. The summed E-state index contributed by atoms with van der Waals surface area (Å²) in [5.74, 6) is 0.357. The van der Waals surface area contributed by atoms with Crippen LogP contribution in [0.4, 0.5) is 0 Å². The summed E-state index contributed by atoms with van der Waals surface area (Å²) in [6.07, 6.45) is 2.84. The molecule has 3 aliphatic heterocycles. The van der Waals surface area contributed by atoms with Gasteiger partial charge in [0.05, 0.1) is 13.2 Å². The average Bonchev–Trinajstić information content (AvgIpc) is 3.05. The Labute approximate surface area is 150 Å². The van der Waals surface area contributed by atoms with Crippen LogP contribution < -0.4 is 0 Å². The summed E-state index contributed by atoms with van der Waals surface area (Å²) < 4.78 is 5.42. The van der Waals surface area contributed by atoms with Crippen LogP contribution in [-0.4, -0.2) is 78.6 Å². The maximum Gasteiger partial charge on any atom is 0.222 e. The van der Waals surface area contributed by atoms with Gasteiger partial charge in [0.25, 0.3) is 0 Å². The first kappa shape index (κ1) is 17.0. The number of piperidine rings is 1. The molecule has 0 unspecified atom stereocenters. The number of morpholine rings is 1. The number of fused-ring (bicyclic) bond motifs is 1. The molecule has 1 aromatic carbocycles. The van der Waals surface area contributed by atoms with Crippen LogP contribution in [0, 0.1) is 0 Å². The molecular weight excluding hydrogens is 314 g/mol. The standard InChI is InChI=1S/C20H29N3O2/c24-20-7-6-18-19(23(20)11-10-21-12-14-25-15-13-21)8-9-22(18)16-17-4-2-1-3-5-17/h1-5,18-19H,6-16H2/t18-,19-/m1/s1. The van der Waals surface area contributed by atoms with Crippen LogP contribution in [0.5, 0.6) is 0 Å². The van der Waals surface area contributed by atoms with E-state index in [1.165, 1.54) is 5.56 Å². The molecule has 1 amide bonds. The number of carbonyl (C=O) groups is 1. The number of nitrogens with zero attached hydrogens (tertiary/aromatic N) is 3. The van der Waals surface area contributed by atoms with Gasteiger partial charge in [0.15, 0.2) is 0 Å². The molecule has 0 N–H and O–H groups in total. The van der Waals surface area contributed by atoms with Crippen LogP contribution >= 0.6 is 0 Å². The van der Waals surface area contributed by atoms with Crippen molar-refractivity contribution in [3.63, 3.8) is 0 Å². The van der Waals surface area contributed by atoms with Crippen molar-refractivity contribution in [2.45, 2.75) is 37.9 Å². The zero-order valence-electron chi connectivity index (χ0n) is 15.0. The number of amides is 1. The van der Waals surface area contributed by atoms with Crippen molar-refractivity contribution < 1.29 is 9.53 Å². The van der Waals surface area contributed by atoms with Crippen LogP contribution in [-0.2, 0) is 16.1 Å². The predicted molar refractivity (Wildman–Crippen MR) is 97.3 cm³/mol. The first-order valence-electron chi connectivity index (χ1n) is 9.69. The van der Waals surface area contributed by atoms with E-state index in [4.69, 9.17) is 4.74 Å². The molecular formula is C20H29N3O2. The van der Waals surface area contributed by atoms with Crippen molar-refractivity contribution in [2.75, 3.05) is 45.9 Å². The van der Waals surface area contributed by atoms with Crippen molar-refractivity contribution >= 4 is 5.91 Å². The smallest absolute Gasteiger partial charge is 0.222 e. The molecule has 2 atom stereocenters. The Kier molecular flexibility index (Phi) is 5.34. The second-order valence-electron chi connectivity index (χ2n) is 7.46. The Morgan fingerprint density at radius 3 is 2.56 bits per heavy atom. The van der Waals surface area contributed by atoms with Gasteiger partial charge in [-0.3, -0.25) is 14.6 Å². The second kappa shape index (κ2) is 7.85.